The first-order valence-electron chi connectivity index (χ1n) is 5.54. The Kier molecular flexibility index (Phi) is 4.90. The highest BCUT2D eigenvalue weighted by molar-refractivity contribution is 7.90. The van der Waals surface area contributed by atoms with Crippen LogP contribution in [-0.2, 0) is 9.84 Å². The van der Waals surface area contributed by atoms with Gasteiger partial charge in [-0.2, -0.15) is 0 Å². The van der Waals surface area contributed by atoms with E-state index in [2.05, 4.69) is 6.58 Å². The van der Waals surface area contributed by atoms with Crippen LogP contribution in [0.4, 0.5) is 0 Å². The number of unbranched alkanes of at least 4 members (excludes halogenated alkanes) is 1. The van der Waals surface area contributed by atoms with Crippen LogP contribution in [0.2, 0.25) is 0 Å². The molecule has 0 spiro atoms. The van der Waals surface area contributed by atoms with Crippen LogP contribution in [0, 0.1) is 0 Å². The molecular formula is C13H18O3S. The maximum atomic E-state index is 11.4. The van der Waals surface area contributed by atoms with E-state index in [1.54, 1.807) is 18.2 Å². The van der Waals surface area contributed by atoms with Crippen molar-refractivity contribution in [2.24, 2.45) is 0 Å². The molecule has 0 saturated heterocycles. The molecule has 0 aromatic heterocycles. The maximum Gasteiger partial charge on any atom is 0.175 e. The summed E-state index contributed by atoms with van der Waals surface area (Å²) < 4.78 is 22.7. The maximum absolute atomic E-state index is 11.4. The fourth-order valence-corrected chi connectivity index (χ4v) is 2.25. The lowest BCUT2D eigenvalue weighted by molar-refractivity contribution is 0.165. The van der Waals surface area contributed by atoms with E-state index in [0.29, 0.717) is 12.0 Å². The lowest BCUT2D eigenvalue weighted by Gasteiger charge is -2.11. The zero-order chi connectivity index (χ0) is 12.9. The van der Waals surface area contributed by atoms with Gasteiger partial charge in [-0.1, -0.05) is 18.2 Å². The van der Waals surface area contributed by atoms with E-state index in [1.807, 2.05) is 0 Å². The molecule has 1 aromatic rings. The largest absolute Gasteiger partial charge is 0.388 e. The van der Waals surface area contributed by atoms with Crippen molar-refractivity contribution in [2.45, 2.75) is 30.3 Å². The summed E-state index contributed by atoms with van der Waals surface area (Å²) in [7, 11) is -3.21. The first-order valence-corrected chi connectivity index (χ1v) is 7.43. The van der Waals surface area contributed by atoms with Gasteiger partial charge in [0.15, 0.2) is 9.84 Å². The van der Waals surface area contributed by atoms with Gasteiger partial charge in [-0.15, -0.1) is 6.58 Å². The molecule has 0 aliphatic heterocycles. The lowest BCUT2D eigenvalue weighted by atomic mass is 10.0. The lowest BCUT2D eigenvalue weighted by Crippen LogP contribution is -2.01. The predicted molar refractivity (Wildman–Crippen MR) is 68.6 cm³/mol. The summed E-state index contributed by atoms with van der Waals surface area (Å²) in [5.41, 5.74) is 0.650. The summed E-state index contributed by atoms with van der Waals surface area (Å²) in [6.07, 6.45) is 4.66. The predicted octanol–water partition coefficient (Wildman–Crippen LogP) is 2.48. The molecule has 1 rings (SSSR count). The van der Waals surface area contributed by atoms with Gasteiger partial charge in [0, 0.05) is 6.26 Å². The number of hydrogen-bond acceptors (Lipinski definition) is 3. The Labute approximate surface area is 103 Å². The molecule has 0 aliphatic carbocycles. The molecule has 94 valence electrons. The van der Waals surface area contributed by atoms with E-state index in [1.165, 1.54) is 12.1 Å². The molecule has 0 amide bonds. The minimum absolute atomic E-state index is 0.248. The van der Waals surface area contributed by atoms with Crippen LogP contribution in [0.25, 0.3) is 0 Å². The first-order chi connectivity index (χ1) is 7.95. The van der Waals surface area contributed by atoms with Crippen molar-refractivity contribution in [1.29, 1.82) is 0 Å². The van der Waals surface area contributed by atoms with E-state index >= 15 is 0 Å². The Balaban J connectivity index is 2.81. The second kappa shape index (κ2) is 5.98. The average molecular weight is 254 g/mol. The molecule has 0 heterocycles. The molecule has 0 bridgehead atoms. The van der Waals surface area contributed by atoms with Gasteiger partial charge in [0.2, 0.25) is 0 Å². The fraction of sp³-hybridized carbons (Fsp3) is 0.385. The monoisotopic (exact) mass is 254 g/mol. The average Bonchev–Trinajstić information content (AvgIpc) is 2.28. The molecule has 1 aromatic carbocycles. The van der Waals surface area contributed by atoms with E-state index in [9.17, 15) is 13.5 Å². The molecule has 17 heavy (non-hydrogen) atoms. The van der Waals surface area contributed by atoms with Crippen LogP contribution in [0.5, 0.6) is 0 Å². The number of rotatable bonds is 6. The molecular weight excluding hydrogens is 236 g/mol. The standard InChI is InChI=1S/C13H18O3S/c1-3-4-5-9-13(14)11-7-6-8-12(10-11)17(2,15)16/h3,6-8,10,13-14H,1,4-5,9H2,2H3. The number of hydrogen-bond donors (Lipinski definition) is 1. The van der Waals surface area contributed by atoms with E-state index in [4.69, 9.17) is 0 Å². The fourth-order valence-electron chi connectivity index (χ4n) is 1.57. The Morgan fingerprint density at radius 3 is 2.76 bits per heavy atom. The van der Waals surface area contributed by atoms with Crippen molar-refractivity contribution in [3.8, 4) is 0 Å². The highest BCUT2D eigenvalue weighted by Gasteiger charge is 2.11. The third-order valence-corrected chi connectivity index (χ3v) is 3.67. The molecule has 4 heteroatoms. The summed E-state index contributed by atoms with van der Waals surface area (Å²) >= 11 is 0. The summed E-state index contributed by atoms with van der Waals surface area (Å²) in [5, 5.41) is 9.91. The van der Waals surface area contributed by atoms with Gasteiger partial charge in [0.05, 0.1) is 11.0 Å². The Bertz CT molecular complexity index is 477. The van der Waals surface area contributed by atoms with E-state index in [-0.39, 0.29) is 4.90 Å². The highest BCUT2D eigenvalue weighted by Crippen LogP contribution is 2.21. The Morgan fingerprint density at radius 1 is 1.47 bits per heavy atom. The van der Waals surface area contributed by atoms with Gasteiger partial charge in [0.25, 0.3) is 0 Å². The zero-order valence-corrected chi connectivity index (χ0v) is 10.8. The summed E-state index contributed by atoms with van der Waals surface area (Å²) in [6, 6.07) is 6.47. The van der Waals surface area contributed by atoms with Crippen LogP contribution < -0.4 is 0 Å². The number of aliphatic hydroxyl groups excluding tert-OH is 1. The van der Waals surface area contributed by atoms with E-state index < -0.39 is 15.9 Å². The number of sulfone groups is 1. The second-order valence-electron chi connectivity index (χ2n) is 4.08. The molecule has 1 atom stereocenters. The van der Waals surface area contributed by atoms with Gasteiger partial charge in [0.1, 0.15) is 0 Å². The van der Waals surface area contributed by atoms with Gasteiger partial charge in [-0.3, -0.25) is 0 Å². The van der Waals surface area contributed by atoms with Crippen molar-refractivity contribution in [3.05, 3.63) is 42.5 Å². The van der Waals surface area contributed by atoms with Crippen molar-refractivity contribution >= 4 is 9.84 Å². The van der Waals surface area contributed by atoms with Gasteiger partial charge < -0.3 is 5.11 Å². The summed E-state index contributed by atoms with van der Waals surface area (Å²) in [5.74, 6) is 0. The van der Waals surface area contributed by atoms with E-state index in [0.717, 1.165) is 19.1 Å². The minimum Gasteiger partial charge on any atom is -0.388 e. The molecule has 3 nitrogen and oxygen atoms in total. The third-order valence-electron chi connectivity index (χ3n) is 2.56. The van der Waals surface area contributed by atoms with Crippen LogP contribution >= 0.6 is 0 Å². The zero-order valence-electron chi connectivity index (χ0n) is 9.96. The van der Waals surface area contributed by atoms with Crippen molar-refractivity contribution in [3.63, 3.8) is 0 Å². The van der Waals surface area contributed by atoms with Crippen LogP contribution in [-0.4, -0.2) is 19.8 Å². The van der Waals surface area contributed by atoms with Gasteiger partial charge in [-0.05, 0) is 37.0 Å². The smallest absolute Gasteiger partial charge is 0.175 e. The van der Waals surface area contributed by atoms with Crippen LogP contribution in [0.15, 0.2) is 41.8 Å². The highest BCUT2D eigenvalue weighted by atomic mass is 32.2. The van der Waals surface area contributed by atoms with Crippen LogP contribution in [0.3, 0.4) is 0 Å². The second-order valence-corrected chi connectivity index (χ2v) is 6.10. The van der Waals surface area contributed by atoms with Crippen molar-refractivity contribution in [1.82, 2.24) is 0 Å². The molecule has 0 saturated carbocycles. The van der Waals surface area contributed by atoms with Crippen LogP contribution in [0.1, 0.15) is 30.9 Å². The van der Waals surface area contributed by atoms with Crippen molar-refractivity contribution in [2.75, 3.05) is 6.26 Å². The SMILES string of the molecule is C=CCCCC(O)c1cccc(S(C)(=O)=O)c1. The molecule has 0 radical (unpaired) electrons. The molecule has 0 aliphatic rings. The van der Waals surface area contributed by atoms with Gasteiger partial charge in [-0.25, -0.2) is 8.42 Å². The minimum atomic E-state index is -3.21. The number of benzene rings is 1. The number of aliphatic hydroxyl groups is 1. The topological polar surface area (TPSA) is 54.4 Å². The molecule has 1 unspecified atom stereocenters. The summed E-state index contributed by atoms with van der Waals surface area (Å²) in [6.45, 7) is 3.62. The molecule has 0 fully saturated rings. The first kappa shape index (κ1) is 13.9. The number of allylic oxidation sites excluding steroid dienone is 1. The van der Waals surface area contributed by atoms with Crippen molar-refractivity contribution < 1.29 is 13.5 Å². The summed E-state index contributed by atoms with van der Waals surface area (Å²) in [4.78, 5) is 0.248. The Morgan fingerprint density at radius 2 is 2.18 bits per heavy atom. The third kappa shape index (κ3) is 4.32. The quantitative estimate of drug-likeness (QED) is 0.627. The normalized spacial score (nSPS) is 13.3. The van der Waals surface area contributed by atoms with Gasteiger partial charge >= 0.3 is 0 Å². The molecule has 1 N–H and O–H groups in total. The Hall–Kier alpha value is -1.13.